The first-order chi connectivity index (χ1) is 8.78. The van der Waals surface area contributed by atoms with Crippen LogP contribution in [0.1, 0.15) is 5.56 Å². The minimum absolute atomic E-state index is 0.239. The second-order valence-electron chi connectivity index (χ2n) is 4.07. The maximum absolute atomic E-state index is 11.7. The van der Waals surface area contributed by atoms with Gasteiger partial charge in [-0.25, -0.2) is 9.80 Å². The van der Waals surface area contributed by atoms with Crippen LogP contribution in [0.3, 0.4) is 0 Å². The fourth-order valence-electron chi connectivity index (χ4n) is 1.70. The molecule has 98 valence electrons. The van der Waals surface area contributed by atoms with Crippen LogP contribution in [0.5, 0.6) is 0 Å². The molecule has 0 saturated carbocycles. The van der Waals surface area contributed by atoms with E-state index < -0.39 is 0 Å². The van der Waals surface area contributed by atoms with Crippen LogP contribution < -0.4 is 16.5 Å². The Labute approximate surface area is 106 Å². The average Bonchev–Trinajstić information content (AvgIpc) is 2.40. The Hall–Kier alpha value is -1.63. The molecule has 2 rings (SSSR count). The molecule has 1 saturated heterocycles. The van der Waals surface area contributed by atoms with Gasteiger partial charge in [0, 0.05) is 25.3 Å². The van der Waals surface area contributed by atoms with E-state index >= 15 is 0 Å². The van der Waals surface area contributed by atoms with Gasteiger partial charge in [-0.05, 0) is 17.7 Å². The van der Waals surface area contributed by atoms with Gasteiger partial charge in [0.05, 0.1) is 13.2 Å². The van der Waals surface area contributed by atoms with Crippen LogP contribution in [0.2, 0.25) is 0 Å². The fourth-order valence-corrected chi connectivity index (χ4v) is 1.70. The Bertz CT molecular complexity index is 388. The Morgan fingerprint density at radius 3 is 2.56 bits per heavy atom. The predicted molar refractivity (Wildman–Crippen MR) is 68.9 cm³/mol. The first-order valence-electron chi connectivity index (χ1n) is 5.97. The van der Waals surface area contributed by atoms with E-state index in [0.29, 0.717) is 32.8 Å². The van der Waals surface area contributed by atoms with Gasteiger partial charge in [0.2, 0.25) is 0 Å². The Morgan fingerprint density at radius 2 is 1.94 bits per heavy atom. The number of ether oxygens (including phenoxy) is 1. The van der Waals surface area contributed by atoms with Crippen LogP contribution in [0.25, 0.3) is 0 Å². The number of nitrogens with one attached hydrogen (secondary N) is 2. The van der Waals surface area contributed by atoms with Crippen molar-refractivity contribution >= 4 is 11.7 Å². The summed E-state index contributed by atoms with van der Waals surface area (Å²) < 4.78 is 5.20. The number of hydrazine groups is 1. The zero-order chi connectivity index (χ0) is 12.8. The van der Waals surface area contributed by atoms with Gasteiger partial charge < -0.3 is 15.8 Å². The van der Waals surface area contributed by atoms with E-state index in [0.717, 1.165) is 11.3 Å². The topological polar surface area (TPSA) is 79.6 Å². The number of carbonyl (C=O) groups excluding carboxylic acids is 1. The zero-order valence-corrected chi connectivity index (χ0v) is 10.2. The number of urea groups is 1. The zero-order valence-electron chi connectivity index (χ0n) is 10.2. The van der Waals surface area contributed by atoms with E-state index in [2.05, 4.69) is 10.7 Å². The number of nitrogens with zero attached hydrogens (tertiary/aromatic N) is 1. The summed E-state index contributed by atoms with van der Waals surface area (Å²) in [6, 6.07) is 7.22. The van der Waals surface area contributed by atoms with Crippen LogP contribution in [-0.2, 0) is 11.3 Å². The van der Waals surface area contributed by atoms with Crippen LogP contribution in [0.4, 0.5) is 10.5 Å². The lowest BCUT2D eigenvalue weighted by molar-refractivity contribution is 0.0207. The minimum atomic E-state index is -0.239. The second-order valence-corrected chi connectivity index (χ2v) is 4.07. The maximum Gasteiger partial charge on any atom is 0.333 e. The highest BCUT2D eigenvalue weighted by atomic mass is 16.5. The molecule has 0 aromatic heterocycles. The van der Waals surface area contributed by atoms with Crippen molar-refractivity contribution in [2.45, 2.75) is 6.54 Å². The molecule has 0 aliphatic carbocycles. The predicted octanol–water partition coefficient (Wildman–Crippen LogP) is 0.514. The van der Waals surface area contributed by atoms with Gasteiger partial charge in [-0.2, -0.15) is 0 Å². The van der Waals surface area contributed by atoms with Crippen molar-refractivity contribution in [2.75, 3.05) is 31.6 Å². The first-order valence-corrected chi connectivity index (χ1v) is 5.97. The van der Waals surface area contributed by atoms with E-state index in [1.165, 1.54) is 0 Å². The number of nitrogens with two attached hydrogens (primary N) is 1. The minimum Gasteiger partial charge on any atom is -0.379 e. The first kappa shape index (κ1) is 12.8. The largest absolute Gasteiger partial charge is 0.379 e. The van der Waals surface area contributed by atoms with Gasteiger partial charge in [-0.1, -0.05) is 12.1 Å². The molecule has 1 aliphatic heterocycles. The van der Waals surface area contributed by atoms with E-state index in [1.54, 1.807) is 0 Å². The molecular formula is C12H18N4O2. The van der Waals surface area contributed by atoms with Crippen molar-refractivity contribution in [2.24, 2.45) is 5.73 Å². The molecule has 0 bridgehead atoms. The highest BCUT2D eigenvalue weighted by molar-refractivity contribution is 5.88. The average molecular weight is 250 g/mol. The smallest absolute Gasteiger partial charge is 0.333 e. The Kier molecular flexibility index (Phi) is 4.52. The number of amides is 2. The van der Waals surface area contributed by atoms with Crippen molar-refractivity contribution in [1.29, 1.82) is 0 Å². The van der Waals surface area contributed by atoms with Crippen molar-refractivity contribution in [3.63, 3.8) is 0 Å². The molecule has 1 fully saturated rings. The maximum atomic E-state index is 11.7. The standard InChI is InChI=1S/C12H18N4O2/c13-9-10-1-3-11(4-2-10)14-12(17)15-16-5-7-18-8-6-16/h1-4H,5-9,13H2,(H2,14,15,17). The number of morpholine rings is 1. The summed E-state index contributed by atoms with van der Waals surface area (Å²) in [4.78, 5) is 11.7. The number of hydrogen-bond donors (Lipinski definition) is 3. The third-order valence-corrected chi connectivity index (χ3v) is 2.72. The van der Waals surface area contributed by atoms with Gasteiger partial charge in [-0.15, -0.1) is 0 Å². The molecule has 2 amide bonds. The third-order valence-electron chi connectivity index (χ3n) is 2.72. The lowest BCUT2D eigenvalue weighted by Crippen LogP contribution is -2.49. The monoisotopic (exact) mass is 250 g/mol. The van der Waals surface area contributed by atoms with E-state index in [4.69, 9.17) is 10.5 Å². The Balaban J connectivity index is 1.82. The molecule has 0 atom stereocenters. The fraction of sp³-hybridized carbons (Fsp3) is 0.417. The Morgan fingerprint density at radius 1 is 1.28 bits per heavy atom. The molecule has 1 aromatic rings. The summed E-state index contributed by atoms with van der Waals surface area (Å²) in [5.74, 6) is 0. The SMILES string of the molecule is NCc1ccc(NC(=O)NN2CCOCC2)cc1. The van der Waals surface area contributed by atoms with Gasteiger partial charge in [0.1, 0.15) is 0 Å². The molecule has 0 unspecified atom stereocenters. The summed E-state index contributed by atoms with van der Waals surface area (Å²) in [6.45, 7) is 3.20. The molecule has 1 aromatic carbocycles. The summed E-state index contributed by atoms with van der Waals surface area (Å²) in [5.41, 5.74) is 10.1. The van der Waals surface area contributed by atoms with Gasteiger partial charge in [0.15, 0.2) is 0 Å². The summed E-state index contributed by atoms with van der Waals surface area (Å²) in [5, 5.41) is 4.61. The molecule has 0 spiro atoms. The number of rotatable bonds is 3. The van der Waals surface area contributed by atoms with Crippen LogP contribution >= 0.6 is 0 Å². The quantitative estimate of drug-likeness (QED) is 0.730. The normalized spacial score (nSPS) is 16.3. The van der Waals surface area contributed by atoms with Crippen molar-refractivity contribution < 1.29 is 9.53 Å². The molecule has 1 heterocycles. The van der Waals surface area contributed by atoms with Crippen LogP contribution in [0, 0.1) is 0 Å². The molecule has 18 heavy (non-hydrogen) atoms. The molecule has 4 N–H and O–H groups in total. The van der Waals surface area contributed by atoms with E-state index in [-0.39, 0.29) is 6.03 Å². The third kappa shape index (κ3) is 3.69. The number of carbonyl (C=O) groups is 1. The number of anilines is 1. The summed E-state index contributed by atoms with van der Waals surface area (Å²) >= 11 is 0. The summed E-state index contributed by atoms with van der Waals surface area (Å²) in [6.07, 6.45) is 0. The van der Waals surface area contributed by atoms with Gasteiger partial charge >= 0.3 is 6.03 Å². The van der Waals surface area contributed by atoms with Crippen LogP contribution in [0.15, 0.2) is 24.3 Å². The number of benzene rings is 1. The molecule has 6 nitrogen and oxygen atoms in total. The van der Waals surface area contributed by atoms with Crippen LogP contribution in [-0.4, -0.2) is 37.3 Å². The van der Waals surface area contributed by atoms with Crippen molar-refractivity contribution in [3.05, 3.63) is 29.8 Å². The van der Waals surface area contributed by atoms with E-state index in [9.17, 15) is 4.79 Å². The lowest BCUT2D eigenvalue weighted by atomic mass is 10.2. The highest BCUT2D eigenvalue weighted by Crippen LogP contribution is 2.08. The van der Waals surface area contributed by atoms with Crippen molar-refractivity contribution in [1.82, 2.24) is 10.4 Å². The summed E-state index contributed by atoms with van der Waals surface area (Å²) in [7, 11) is 0. The van der Waals surface area contributed by atoms with E-state index in [1.807, 2.05) is 29.3 Å². The van der Waals surface area contributed by atoms with Gasteiger partial charge in [0.25, 0.3) is 0 Å². The molecule has 0 radical (unpaired) electrons. The lowest BCUT2D eigenvalue weighted by Gasteiger charge is -2.26. The molecule has 1 aliphatic rings. The second kappa shape index (κ2) is 6.34. The van der Waals surface area contributed by atoms with Crippen molar-refractivity contribution in [3.8, 4) is 0 Å². The highest BCUT2D eigenvalue weighted by Gasteiger charge is 2.12. The van der Waals surface area contributed by atoms with Gasteiger partial charge in [-0.3, -0.25) is 5.43 Å². The molecular weight excluding hydrogens is 232 g/mol. The molecule has 6 heteroatoms. The number of hydrogen-bond acceptors (Lipinski definition) is 4.